The molecule has 4 nitrogen and oxygen atoms in total. The second-order valence-corrected chi connectivity index (χ2v) is 4.15. The molecule has 4 N–H and O–H groups in total. The largest absolute Gasteiger partial charge is 0.325 e. The van der Waals surface area contributed by atoms with Gasteiger partial charge in [0.15, 0.2) is 0 Å². The highest BCUT2D eigenvalue weighted by Gasteiger charge is 1.99. The normalized spacial score (nSPS) is 11.4. The number of nitrogens with zero attached hydrogens (tertiary/aromatic N) is 1. The molecule has 0 heterocycles. The van der Waals surface area contributed by atoms with Crippen molar-refractivity contribution in [1.82, 2.24) is 5.43 Å². The van der Waals surface area contributed by atoms with Gasteiger partial charge in [-0.05, 0) is 43.5 Å². The van der Waals surface area contributed by atoms with Crippen molar-refractivity contribution in [3.05, 3.63) is 29.3 Å². The number of rotatable bonds is 4. The van der Waals surface area contributed by atoms with Gasteiger partial charge in [0.1, 0.15) is 0 Å². The summed E-state index contributed by atoms with van der Waals surface area (Å²) in [7, 11) is 0. The molecular weight excluding hydrogens is 212 g/mol. The molecule has 0 radical (unpaired) electrons. The summed E-state index contributed by atoms with van der Waals surface area (Å²) in [5.41, 5.74) is 6.11. The molecule has 0 atom stereocenters. The molecule has 0 unspecified atom stereocenters. The molecule has 0 saturated heterocycles. The summed E-state index contributed by atoms with van der Waals surface area (Å²) < 4.78 is 0. The minimum Gasteiger partial charge on any atom is -0.325 e. The smallest absolute Gasteiger partial charge is 0.210 e. The molecule has 4 heteroatoms. The zero-order valence-electron chi connectivity index (χ0n) is 10.9. The highest BCUT2D eigenvalue weighted by Crippen LogP contribution is 2.13. The van der Waals surface area contributed by atoms with Gasteiger partial charge < -0.3 is 5.32 Å². The Bertz CT molecular complexity index is 385. The van der Waals surface area contributed by atoms with Gasteiger partial charge in [-0.3, -0.25) is 10.4 Å². The van der Waals surface area contributed by atoms with Gasteiger partial charge in [-0.1, -0.05) is 19.4 Å². The molecule has 0 amide bonds. The summed E-state index contributed by atoms with van der Waals surface area (Å²) in [6.45, 7) is 7.11. The summed E-state index contributed by atoms with van der Waals surface area (Å²) >= 11 is 0. The van der Waals surface area contributed by atoms with Crippen LogP contribution in [0.2, 0.25) is 0 Å². The average molecular weight is 234 g/mol. The first-order valence-corrected chi connectivity index (χ1v) is 6.02. The monoisotopic (exact) mass is 234 g/mol. The Morgan fingerprint density at radius 2 is 2.06 bits per heavy atom. The number of nitrogens with one attached hydrogen (secondary N) is 2. The van der Waals surface area contributed by atoms with E-state index in [0.29, 0.717) is 5.96 Å². The van der Waals surface area contributed by atoms with E-state index < -0.39 is 0 Å². The van der Waals surface area contributed by atoms with Crippen molar-refractivity contribution in [2.75, 3.05) is 11.9 Å². The van der Waals surface area contributed by atoms with E-state index in [9.17, 15) is 0 Å². The summed E-state index contributed by atoms with van der Waals surface area (Å²) in [6, 6.07) is 6.19. The standard InChI is InChI=1S/C13H22N4/c1-4-5-8-15-13(17-14)16-12-7-6-10(2)11(3)9-12/h6-7,9H,4-5,8,14H2,1-3H3,(H2,15,16,17). The number of anilines is 1. The lowest BCUT2D eigenvalue weighted by Crippen LogP contribution is -2.36. The van der Waals surface area contributed by atoms with Crippen LogP contribution in [-0.4, -0.2) is 12.5 Å². The minimum atomic E-state index is 0.613. The van der Waals surface area contributed by atoms with Crippen LogP contribution >= 0.6 is 0 Å². The molecule has 1 aromatic rings. The van der Waals surface area contributed by atoms with E-state index in [1.54, 1.807) is 0 Å². The van der Waals surface area contributed by atoms with E-state index >= 15 is 0 Å². The molecule has 1 rings (SSSR count). The number of aryl methyl sites for hydroxylation is 2. The fraction of sp³-hybridized carbons (Fsp3) is 0.462. The number of aliphatic imine (C=N–C) groups is 1. The summed E-state index contributed by atoms with van der Waals surface area (Å²) in [5.74, 6) is 6.04. The van der Waals surface area contributed by atoms with Crippen LogP contribution in [0.4, 0.5) is 5.69 Å². The third-order valence-corrected chi connectivity index (χ3v) is 2.69. The van der Waals surface area contributed by atoms with Gasteiger partial charge in [0.25, 0.3) is 0 Å². The Labute approximate surface area is 103 Å². The van der Waals surface area contributed by atoms with E-state index in [0.717, 1.165) is 25.1 Å². The lowest BCUT2D eigenvalue weighted by Gasteiger charge is -2.10. The molecular formula is C13H22N4. The van der Waals surface area contributed by atoms with Crippen molar-refractivity contribution in [3.63, 3.8) is 0 Å². The van der Waals surface area contributed by atoms with Gasteiger partial charge >= 0.3 is 0 Å². The fourth-order valence-corrected chi connectivity index (χ4v) is 1.43. The lowest BCUT2D eigenvalue weighted by atomic mass is 10.1. The van der Waals surface area contributed by atoms with Gasteiger partial charge in [-0.2, -0.15) is 0 Å². The predicted molar refractivity (Wildman–Crippen MR) is 74.1 cm³/mol. The van der Waals surface area contributed by atoms with Crippen molar-refractivity contribution in [1.29, 1.82) is 0 Å². The number of hydrogen-bond donors (Lipinski definition) is 3. The van der Waals surface area contributed by atoms with Gasteiger partial charge in [-0.15, -0.1) is 0 Å². The minimum absolute atomic E-state index is 0.613. The first-order chi connectivity index (χ1) is 8.17. The first kappa shape index (κ1) is 13.5. The zero-order valence-corrected chi connectivity index (χ0v) is 10.9. The fourth-order valence-electron chi connectivity index (χ4n) is 1.43. The van der Waals surface area contributed by atoms with Gasteiger partial charge in [0.2, 0.25) is 5.96 Å². The van der Waals surface area contributed by atoms with Gasteiger partial charge in [0, 0.05) is 12.2 Å². The Morgan fingerprint density at radius 3 is 2.65 bits per heavy atom. The zero-order chi connectivity index (χ0) is 12.7. The van der Waals surface area contributed by atoms with Crippen molar-refractivity contribution >= 4 is 11.6 Å². The summed E-state index contributed by atoms with van der Waals surface area (Å²) in [4.78, 5) is 4.35. The van der Waals surface area contributed by atoms with E-state index in [1.165, 1.54) is 11.1 Å². The predicted octanol–water partition coefficient (Wildman–Crippen LogP) is 2.33. The molecule has 94 valence electrons. The molecule has 0 bridgehead atoms. The van der Waals surface area contributed by atoms with Crippen molar-refractivity contribution in [3.8, 4) is 0 Å². The average Bonchev–Trinajstić information content (AvgIpc) is 2.32. The van der Waals surface area contributed by atoms with Crippen LogP contribution < -0.4 is 16.6 Å². The van der Waals surface area contributed by atoms with Crippen LogP contribution in [0.5, 0.6) is 0 Å². The molecule has 1 aromatic carbocycles. The number of benzene rings is 1. The maximum atomic E-state index is 5.43. The van der Waals surface area contributed by atoms with Crippen LogP contribution in [-0.2, 0) is 0 Å². The van der Waals surface area contributed by atoms with Crippen LogP contribution in [0.15, 0.2) is 23.2 Å². The van der Waals surface area contributed by atoms with Crippen molar-refractivity contribution in [2.24, 2.45) is 10.8 Å². The molecule has 17 heavy (non-hydrogen) atoms. The molecule has 0 aliphatic rings. The number of guanidine groups is 1. The number of hydrogen-bond acceptors (Lipinski definition) is 2. The summed E-state index contributed by atoms with van der Waals surface area (Å²) in [6.07, 6.45) is 2.20. The Morgan fingerprint density at radius 1 is 1.29 bits per heavy atom. The maximum absolute atomic E-state index is 5.43. The molecule has 0 fully saturated rings. The van der Waals surface area contributed by atoms with Crippen molar-refractivity contribution in [2.45, 2.75) is 33.6 Å². The van der Waals surface area contributed by atoms with Gasteiger partial charge in [0.05, 0.1) is 0 Å². The molecule has 0 spiro atoms. The van der Waals surface area contributed by atoms with Crippen LogP contribution in [0, 0.1) is 13.8 Å². The quantitative estimate of drug-likeness (QED) is 0.246. The summed E-state index contributed by atoms with van der Waals surface area (Å²) in [5, 5.41) is 3.17. The number of hydrazine groups is 1. The number of unbranched alkanes of at least 4 members (excludes halogenated alkanes) is 1. The molecule has 0 saturated carbocycles. The van der Waals surface area contributed by atoms with E-state index in [1.807, 2.05) is 6.07 Å². The molecule has 0 aromatic heterocycles. The molecule has 0 aliphatic heterocycles. The van der Waals surface area contributed by atoms with Crippen LogP contribution in [0.25, 0.3) is 0 Å². The topological polar surface area (TPSA) is 62.4 Å². The first-order valence-electron chi connectivity index (χ1n) is 6.02. The third-order valence-electron chi connectivity index (χ3n) is 2.69. The number of nitrogens with two attached hydrogens (primary N) is 1. The highest BCUT2D eigenvalue weighted by atomic mass is 15.3. The lowest BCUT2D eigenvalue weighted by molar-refractivity contribution is 0.801. The SMILES string of the molecule is CCCCN=C(NN)Nc1ccc(C)c(C)c1. The van der Waals surface area contributed by atoms with Crippen LogP contribution in [0.3, 0.4) is 0 Å². The van der Waals surface area contributed by atoms with E-state index in [2.05, 4.69) is 48.6 Å². The Kier molecular flexibility index (Phi) is 5.49. The van der Waals surface area contributed by atoms with E-state index in [4.69, 9.17) is 5.84 Å². The molecule has 0 aliphatic carbocycles. The third kappa shape index (κ3) is 4.44. The van der Waals surface area contributed by atoms with E-state index in [-0.39, 0.29) is 0 Å². The van der Waals surface area contributed by atoms with Crippen LogP contribution in [0.1, 0.15) is 30.9 Å². The second-order valence-electron chi connectivity index (χ2n) is 4.15. The second kappa shape index (κ2) is 6.91. The van der Waals surface area contributed by atoms with Gasteiger partial charge in [-0.25, -0.2) is 5.84 Å². The maximum Gasteiger partial charge on any atom is 0.210 e. The Hall–Kier alpha value is -1.55. The Balaban J connectivity index is 2.67. The highest BCUT2D eigenvalue weighted by molar-refractivity contribution is 5.93. The van der Waals surface area contributed by atoms with Crippen molar-refractivity contribution < 1.29 is 0 Å².